The molecule has 0 amide bonds. The van der Waals surface area contributed by atoms with Crippen LogP contribution < -0.4 is 5.73 Å². The molecule has 6 heteroatoms. The Morgan fingerprint density at radius 3 is 2.65 bits per heavy atom. The van der Waals surface area contributed by atoms with E-state index in [0.717, 1.165) is 5.57 Å². The molecule has 0 radical (unpaired) electrons. The van der Waals surface area contributed by atoms with Crippen molar-refractivity contribution in [2.45, 2.75) is 5.92 Å². The van der Waals surface area contributed by atoms with Crippen molar-refractivity contribution >= 4 is 0 Å². The van der Waals surface area contributed by atoms with Crippen LogP contribution in [0.25, 0.3) is 0 Å². The summed E-state index contributed by atoms with van der Waals surface area (Å²) in [4.78, 5) is 2.08. The lowest BCUT2D eigenvalue weighted by atomic mass is 9.59. The van der Waals surface area contributed by atoms with Crippen molar-refractivity contribution < 1.29 is 4.42 Å². The summed E-state index contributed by atoms with van der Waals surface area (Å²) in [5.41, 5.74) is 5.63. The first kappa shape index (κ1) is 14.9. The molecule has 0 saturated carbocycles. The Bertz CT molecular complexity index is 799. The molecule has 1 aromatic rings. The maximum absolute atomic E-state index is 9.78. The van der Waals surface area contributed by atoms with Crippen molar-refractivity contribution in [3.8, 4) is 18.2 Å². The zero-order valence-corrected chi connectivity index (χ0v) is 12.7. The average molecular weight is 305 g/mol. The van der Waals surface area contributed by atoms with Crippen LogP contribution >= 0.6 is 0 Å². The molecule has 0 aromatic carbocycles. The number of nitrogens with two attached hydrogens (primary N) is 1. The van der Waals surface area contributed by atoms with Gasteiger partial charge in [-0.25, -0.2) is 0 Å². The molecule has 1 aliphatic heterocycles. The Hall–Kier alpha value is -3.01. The first-order chi connectivity index (χ1) is 11.1. The molecule has 0 saturated heterocycles. The van der Waals surface area contributed by atoms with Gasteiger partial charge in [0.05, 0.1) is 35.6 Å². The maximum atomic E-state index is 9.78. The minimum Gasteiger partial charge on any atom is -0.469 e. The zero-order valence-electron chi connectivity index (χ0n) is 12.7. The van der Waals surface area contributed by atoms with Crippen LogP contribution in [0.2, 0.25) is 0 Å². The molecule has 3 rings (SSSR count). The molecule has 1 aromatic heterocycles. The summed E-state index contributed by atoms with van der Waals surface area (Å²) in [5, 5.41) is 29.1. The van der Waals surface area contributed by atoms with Gasteiger partial charge < -0.3 is 15.1 Å². The number of nitrogens with zero attached hydrogens (tertiary/aromatic N) is 4. The SMILES string of the molecule is CN1CC=C2C(C#N)=C(N)C(C#N)(C#N)[C@@H](c3ccco3)[C@H]2C1. The van der Waals surface area contributed by atoms with Gasteiger partial charge >= 0.3 is 0 Å². The van der Waals surface area contributed by atoms with Crippen LogP contribution in [0.4, 0.5) is 0 Å². The quantitative estimate of drug-likeness (QED) is 0.843. The van der Waals surface area contributed by atoms with Crippen LogP contribution in [-0.2, 0) is 0 Å². The fourth-order valence-corrected chi connectivity index (χ4v) is 3.60. The van der Waals surface area contributed by atoms with Gasteiger partial charge in [0.25, 0.3) is 0 Å². The smallest absolute Gasteiger partial charge is 0.194 e. The molecule has 0 spiro atoms. The zero-order chi connectivity index (χ0) is 16.6. The van der Waals surface area contributed by atoms with E-state index in [1.165, 1.54) is 6.26 Å². The molecule has 0 fully saturated rings. The molecule has 23 heavy (non-hydrogen) atoms. The number of allylic oxidation sites excluding steroid dienone is 2. The molecule has 1 aliphatic carbocycles. The number of fused-ring (bicyclic) bond motifs is 1. The van der Waals surface area contributed by atoms with E-state index in [9.17, 15) is 15.8 Å². The first-order valence-electron chi connectivity index (χ1n) is 7.24. The Morgan fingerprint density at radius 2 is 2.09 bits per heavy atom. The number of likely N-dealkylation sites (N-methyl/N-ethyl adjacent to an activating group) is 1. The summed E-state index contributed by atoms with van der Waals surface area (Å²) in [7, 11) is 1.96. The van der Waals surface area contributed by atoms with E-state index in [0.29, 0.717) is 18.8 Å². The van der Waals surface area contributed by atoms with Crippen molar-refractivity contribution in [2.24, 2.45) is 17.1 Å². The normalized spacial score (nSPS) is 26.4. The lowest BCUT2D eigenvalue weighted by Gasteiger charge is -2.43. The van der Waals surface area contributed by atoms with Crippen molar-refractivity contribution in [1.29, 1.82) is 15.8 Å². The average Bonchev–Trinajstić information content (AvgIpc) is 3.08. The lowest BCUT2D eigenvalue weighted by molar-refractivity contribution is 0.218. The van der Waals surface area contributed by atoms with Crippen LogP contribution in [0, 0.1) is 45.3 Å². The third-order valence-corrected chi connectivity index (χ3v) is 4.70. The van der Waals surface area contributed by atoms with Crippen LogP contribution in [0.15, 0.2) is 45.7 Å². The minimum atomic E-state index is -1.61. The molecular weight excluding hydrogens is 290 g/mol. The van der Waals surface area contributed by atoms with Gasteiger partial charge in [0.1, 0.15) is 11.8 Å². The van der Waals surface area contributed by atoms with Crippen LogP contribution in [-0.4, -0.2) is 25.0 Å². The molecule has 2 N–H and O–H groups in total. The molecule has 2 aliphatic rings. The third kappa shape index (κ3) is 1.95. The standard InChI is InChI=1S/C17H15N5O/c1-22-5-4-11-12(7-18)16(21)17(9-19,10-20)15(13(11)8-22)14-3-2-6-23-14/h2-4,6,13,15H,5,8,21H2,1H3/t13-,15+/m0/s1. The fraction of sp³-hybridized carbons (Fsp3) is 0.353. The van der Waals surface area contributed by atoms with Crippen molar-refractivity contribution in [3.05, 3.63) is 47.1 Å². The second kappa shape index (κ2) is 5.32. The summed E-state index contributed by atoms with van der Waals surface area (Å²) in [5.74, 6) is -0.195. The monoisotopic (exact) mass is 305 g/mol. The highest BCUT2D eigenvalue weighted by Gasteiger charge is 2.55. The lowest BCUT2D eigenvalue weighted by Crippen LogP contribution is -2.47. The topological polar surface area (TPSA) is 114 Å². The Balaban J connectivity index is 2.33. The van der Waals surface area contributed by atoms with Crippen molar-refractivity contribution in [1.82, 2.24) is 4.90 Å². The summed E-state index contributed by atoms with van der Waals surface area (Å²) < 4.78 is 5.52. The third-order valence-electron chi connectivity index (χ3n) is 4.70. The second-order valence-electron chi connectivity index (χ2n) is 5.91. The van der Waals surface area contributed by atoms with Gasteiger partial charge in [-0.15, -0.1) is 0 Å². The summed E-state index contributed by atoms with van der Waals surface area (Å²) >= 11 is 0. The van der Waals surface area contributed by atoms with E-state index in [2.05, 4.69) is 23.1 Å². The van der Waals surface area contributed by atoms with Gasteiger partial charge in [-0.1, -0.05) is 6.08 Å². The first-order valence-corrected chi connectivity index (χ1v) is 7.24. The maximum Gasteiger partial charge on any atom is 0.194 e. The van der Waals surface area contributed by atoms with Gasteiger partial charge in [0, 0.05) is 19.0 Å². The Kier molecular flexibility index (Phi) is 3.45. The minimum absolute atomic E-state index is 0.0263. The van der Waals surface area contributed by atoms with E-state index in [1.807, 2.05) is 13.1 Å². The molecule has 6 nitrogen and oxygen atoms in total. The van der Waals surface area contributed by atoms with Crippen molar-refractivity contribution in [3.63, 3.8) is 0 Å². The second-order valence-corrected chi connectivity index (χ2v) is 5.91. The highest BCUT2D eigenvalue weighted by molar-refractivity contribution is 5.58. The van der Waals surface area contributed by atoms with Crippen LogP contribution in [0.3, 0.4) is 0 Å². The summed E-state index contributed by atoms with van der Waals surface area (Å²) in [6.45, 7) is 1.32. The fourth-order valence-electron chi connectivity index (χ4n) is 3.60. The number of furan rings is 1. The van der Waals surface area contributed by atoms with Crippen LogP contribution in [0.1, 0.15) is 11.7 Å². The Morgan fingerprint density at radius 1 is 1.35 bits per heavy atom. The molecule has 114 valence electrons. The summed E-state index contributed by atoms with van der Waals surface area (Å²) in [6.07, 6.45) is 3.47. The highest BCUT2D eigenvalue weighted by atomic mass is 16.3. The van der Waals surface area contributed by atoms with E-state index < -0.39 is 11.3 Å². The van der Waals surface area contributed by atoms with Gasteiger partial charge in [-0.2, -0.15) is 15.8 Å². The molecular formula is C17H15N5O. The predicted octanol–water partition coefficient (Wildman–Crippen LogP) is 1.63. The molecule has 2 heterocycles. The van der Waals surface area contributed by atoms with E-state index in [4.69, 9.17) is 10.2 Å². The summed E-state index contributed by atoms with van der Waals surface area (Å²) in [6, 6.07) is 9.71. The predicted molar refractivity (Wildman–Crippen MR) is 81.0 cm³/mol. The van der Waals surface area contributed by atoms with E-state index >= 15 is 0 Å². The number of hydrogen-bond donors (Lipinski definition) is 1. The highest BCUT2D eigenvalue weighted by Crippen LogP contribution is 2.53. The van der Waals surface area contributed by atoms with Gasteiger partial charge in [-0.05, 0) is 24.8 Å². The van der Waals surface area contributed by atoms with Gasteiger partial charge in [0.15, 0.2) is 5.41 Å². The van der Waals surface area contributed by atoms with Crippen LogP contribution in [0.5, 0.6) is 0 Å². The van der Waals surface area contributed by atoms with Crippen molar-refractivity contribution in [2.75, 3.05) is 20.1 Å². The largest absolute Gasteiger partial charge is 0.469 e. The number of rotatable bonds is 1. The molecule has 0 unspecified atom stereocenters. The number of nitriles is 3. The number of hydrogen-bond acceptors (Lipinski definition) is 6. The van der Waals surface area contributed by atoms with Gasteiger partial charge in [-0.3, -0.25) is 0 Å². The molecule has 2 atom stereocenters. The Labute approximate surface area is 134 Å². The van der Waals surface area contributed by atoms with E-state index in [1.54, 1.807) is 12.1 Å². The van der Waals surface area contributed by atoms with Gasteiger partial charge in [0.2, 0.25) is 0 Å². The molecule has 0 bridgehead atoms. The van der Waals surface area contributed by atoms with E-state index in [-0.39, 0.29) is 17.2 Å².